The largest absolute Gasteiger partial charge is 0.455 e. The summed E-state index contributed by atoms with van der Waals surface area (Å²) in [6, 6.07) is 91.1. The Hall–Kier alpha value is -10.5. The quantitative estimate of drug-likeness (QED) is 0.167. The summed E-state index contributed by atoms with van der Waals surface area (Å²) in [5.41, 5.74) is 15.0. The first-order chi connectivity index (χ1) is 40.1. The van der Waals surface area contributed by atoms with Gasteiger partial charge in [-0.25, -0.2) is 0 Å². The molecule has 0 aliphatic heterocycles. The minimum Gasteiger partial charge on any atom is -0.455 e. The van der Waals surface area contributed by atoms with E-state index in [0.29, 0.717) is 28.1 Å². The van der Waals surface area contributed by atoms with Crippen LogP contribution in [0.5, 0.6) is 0 Å². The molecule has 17 rings (SSSR count). The van der Waals surface area contributed by atoms with Gasteiger partial charge in [-0.2, -0.15) is 10.5 Å². The van der Waals surface area contributed by atoms with E-state index in [0.717, 1.165) is 125 Å². The van der Waals surface area contributed by atoms with Gasteiger partial charge in [-0.05, 0) is 64.2 Å². The second kappa shape index (κ2) is 17.5. The maximum absolute atomic E-state index is 12.4. The van der Waals surface area contributed by atoms with Gasteiger partial charge in [0.15, 0.2) is 0 Å². The number of aromatic nitrogens is 2. The molecule has 0 saturated carbocycles. The maximum Gasteiger partial charge on any atom is 0.143 e. The van der Waals surface area contributed by atoms with Crippen LogP contribution in [0.1, 0.15) is 11.1 Å². The van der Waals surface area contributed by atoms with E-state index in [-0.39, 0.29) is 0 Å². The van der Waals surface area contributed by atoms with Gasteiger partial charge in [0.1, 0.15) is 23.3 Å². The fourth-order valence-corrected chi connectivity index (χ4v) is 15.7. The molecule has 0 aliphatic carbocycles. The van der Waals surface area contributed by atoms with Crippen LogP contribution in [0.2, 0.25) is 0 Å². The molecule has 0 unspecified atom stereocenters. The van der Waals surface area contributed by atoms with Crippen molar-refractivity contribution in [3.63, 3.8) is 0 Å². The Balaban J connectivity index is 1.13. The topological polar surface area (TPSA) is 70.6 Å². The van der Waals surface area contributed by atoms with Crippen molar-refractivity contribution >= 4 is 129 Å². The minimum atomic E-state index is 0.402. The molecule has 0 saturated heterocycles. The van der Waals surface area contributed by atoms with Gasteiger partial charge in [0.2, 0.25) is 0 Å². The normalized spacial score (nSPS) is 11.9. The zero-order valence-electron chi connectivity index (χ0n) is 43.1. The molecule has 81 heavy (non-hydrogen) atoms. The average molecular weight is 1070 g/mol. The van der Waals surface area contributed by atoms with Gasteiger partial charge in [-0.3, -0.25) is 0 Å². The van der Waals surface area contributed by atoms with Crippen LogP contribution in [-0.4, -0.2) is 9.13 Å². The summed E-state index contributed by atoms with van der Waals surface area (Å²) >= 11 is 3.59. The van der Waals surface area contributed by atoms with Gasteiger partial charge in [0, 0.05) is 80.0 Å². The molecule has 5 aromatic heterocycles. The Morgan fingerprint density at radius 3 is 1.63 bits per heavy atom. The lowest BCUT2D eigenvalue weighted by molar-refractivity contribution is 0.670. The van der Waals surface area contributed by atoms with Gasteiger partial charge in [0.25, 0.3) is 0 Å². The molecule has 0 amide bonds. The molecule has 5 nitrogen and oxygen atoms in total. The zero-order valence-corrected chi connectivity index (χ0v) is 44.7. The Labute approximate surface area is 471 Å². The summed E-state index contributed by atoms with van der Waals surface area (Å²) in [6.45, 7) is 0. The lowest BCUT2D eigenvalue weighted by Crippen LogP contribution is -2.11. The number of nitriles is 2. The van der Waals surface area contributed by atoms with Crippen molar-refractivity contribution in [2.24, 2.45) is 0 Å². The molecule has 12 aromatic carbocycles. The fraction of sp³-hybridized carbons (Fsp3) is 0. The van der Waals surface area contributed by atoms with E-state index in [1.807, 2.05) is 48.5 Å². The van der Waals surface area contributed by atoms with Crippen LogP contribution in [0.4, 0.5) is 0 Å². The lowest BCUT2D eigenvalue weighted by Gasteiger charge is -2.25. The van der Waals surface area contributed by atoms with E-state index < -0.39 is 0 Å². The molecule has 0 fully saturated rings. The average Bonchev–Trinajstić information content (AvgIpc) is 3.63. The molecule has 0 spiro atoms. The van der Waals surface area contributed by atoms with Crippen molar-refractivity contribution < 1.29 is 4.42 Å². The van der Waals surface area contributed by atoms with Crippen molar-refractivity contribution in [2.45, 2.75) is 0 Å². The molecular formula is C74H40N4OS2. The zero-order chi connectivity index (χ0) is 53.4. The molecule has 0 aliphatic rings. The third kappa shape index (κ3) is 6.45. The number of benzene rings is 12. The number of rotatable bonds is 6. The van der Waals surface area contributed by atoms with E-state index in [1.54, 1.807) is 22.7 Å². The number of hydrogen-bond donors (Lipinski definition) is 0. The van der Waals surface area contributed by atoms with Crippen molar-refractivity contribution in [1.82, 2.24) is 9.13 Å². The Kier molecular flexibility index (Phi) is 9.82. The Bertz CT molecular complexity index is 5610. The third-order valence-electron chi connectivity index (χ3n) is 16.6. The van der Waals surface area contributed by atoms with E-state index in [1.165, 1.54) is 20.2 Å². The van der Waals surface area contributed by atoms with Crippen molar-refractivity contribution in [2.75, 3.05) is 0 Å². The van der Waals surface area contributed by atoms with Crippen LogP contribution >= 0.6 is 22.7 Å². The second-order valence-corrected chi connectivity index (χ2v) is 22.9. The van der Waals surface area contributed by atoms with Crippen LogP contribution in [0.3, 0.4) is 0 Å². The highest BCUT2D eigenvalue weighted by molar-refractivity contribution is 7.27. The van der Waals surface area contributed by atoms with Crippen molar-refractivity contribution in [3.8, 4) is 68.0 Å². The standard InChI is InChI=1S/C74H40N4OS2/c75-41-58-65(44-21-6-2-7-22-44)59(42-76)69(78-70-52(37-38-54-51-27-12-16-33-63(51)80-73(54)70)57-40-56(43-19-4-1-5-20-43)67-55-28-13-17-34-64(55)81-74(67)71(57)78)66(45-23-8-3-9-24-45)68(58)77-60-31-14-10-25-48(60)49-36-35-46(39-61(49)77)47-29-18-30-53-50-26-11-15-32-62(50)79-72(47)53/h1-40H. The fourth-order valence-electron chi connectivity index (χ4n) is 13.2. The van der Waals surface area contributed by atoms with Crippen LogP contribution in [0, 0.1) is 22.7 Å². The van der Waals surface area contributed by atoms with Crippen LogP contribution < -0.4 is 0 Å². The molecule has 0 radical (unpaired) electrons. The van der Waals surface area contributed by atoms with Crippen molar-refractivity contribution in [1.29, 1.82) is 10.5 Å². The number of nitrogens with zero attached hydrogens (tertiary/aromatic N) is 4. The molecular weight excluding hydrogens is 1020 g/mol. The van der Waals surface area contributed by atoms with Crippen LogP contribution in [0.25, 0.3) is 162 Å². The van der Waals surface area contributed by atoms with Gasteiger partial charge >= 0.3 is 0 Å². The minimum absolute atomic E-state index is 0.402. The smallest absolute Gasteiger partial charge is 0.143 e. The summed E-state index contributed by atoms with van der Waals surface area (Å²) in [5, 5.41) is 35.7. The van der Waals surface area contributed by atoms with Crippen LogP contribution in [-0.2, 0) is 0 Å². The predicted molar refractivity (Wildman–Crippen MR) is 339 cm³/mol. The first-order valence-electron chi connectivity index (χ1n) is 27.0. The van der Waals surface area contributed by atoms with Crippen molar-refractivity contribution in [3.05, 3.63) is 254 Å². The number of para-hydroxylation sites is 3. The summed E-state index contributed by atoms with van der Waals surface area (Å²) in [5.74, 6) is 0. The monoisotopic (exact) mass is 1060 g/mol. The SMILES string of the molecule is N#Cc1c(-c2ccccc2)c(C#N)c(-n2c3c(ccc4c5ccccc5sc43)c3cc(-c4ccccc4)c4c5ccccc5sc4c32)c(-c2ccccc2)c1-n1c2ccccc2c2ccc(-c3cccc4c3oc3ccccc34)cc21. The number of hydrogen-bond acceptors (Lipinski definition) is 5. The van der Waals surface area contributed by atoms with Gasteiger partial charge in [-0.1, -0.05) is 206 Å². The summed E-state index contributed by atoms with van der Waals surface area (Å²) in [4.78, 5) is 0. The summed E-state index contributed by atoms with van der Waals surface area (Å²) in [6.07, 6.45) is 0. The molecule has 374 valence electrons. The molecule has 0 N–H and O–H groups in total. The lowest BCUT2D eigenvalue weighted by atomic mass is 9.86. The summed E-state index contributed by atoms with van der Waals surface area (Å²) < 4.78 is 16.1. The highest BCUT2D eigenvalue weighted by Crippen LogP contribution is 2.54. The number of thiophene rings is 2. The first-order valence-corrected chi connectivity index (χ1v) is 28.7. The Morgan fingerprint density at radius 1 is 0.346 bits per heavy atom. The molecule has 5 heterocycles. The van der Waals surface area contributed by atoms with Gasteiger partial charge in [0.05, 0.1) is 54.0 Å². The highest BCUT2D eigenvalue weighted by Gasteiger charge is 2.34. The molecule has 0 atom stereocenters. The Morgan fingerprint density at radius 2 is 0.889 bits per heavy atom. The summed E-state index contributed by atoms with van der Waals surface area (Å²) in [7, 11) is 0. The van der Waals surface area contributed by atoms with E-state index in [9.17, 15) is 10.5 Å². The molecule has 7 heteroatoms. The highest BCUT2D eigenvalue weighted by atomic mass is 32.1. The molecule has 17 aromatic rings. The van der Waals surface area contributed by atoms with Gasteiger partial charge < -0.3 is 13.6 Å². The molecule has 0 bridgehead atoms. The predicted octanol–water partition coefficient (Wildman–Crippen LogP) is 20.9. The third-order valence-corrected chi connectivity index (χ3v) is 19.0. The number of fused-ring (bicyclic) bond motifs is 17. The van der Waals surface area contributed by atoms with E-state index >= 15 is 0 Å². The second-order valence-electron chi connectivity index (χ2n) is 20.8. The maximum atomic E-state index is 12.4. The van der Waals surface area contributed by atoms with Gasteiger partial charge in [-0.15, -0.1) is 22.7 Å². The van der Waals surface area contributed by atoms with Crippen LogP contribution in [0.15, 0.2) is 247 Å². The first kappa shape index (κ1) is 45.5. The number of furan rings is 1. The van der Waals surface area contributed by atoms with E-state index in [4.69, 9.17) is 4.42 Å². The van der Waals surface area contributed by atoms with E-state index in [2.05, 4.69) is 215 Å².